The smallest absolute Gasteiger partial charge is 0.0406 e. The van der Waals surface area contributed by atoms with Gasteiger partial charge in [-0.15, -0.1) is 0 Å². The lowest BCUT2D eigenvalue weighted by Crippen LogP contribution is -2.40. The van der Waals surface area contributed by atoms with Crippen molar-refractivity contribution in [3.63, 3.8) is 0 Å². The van der Waals surface area contributed by atoms with Crippen LogP contribution in [-0.4, -0.2) is 6.04 Å². The van der Waals surface area contributed by atoms with E-state index in [1.165, 1.54) is 18.4 Å². The van der Waals surface area contributed by atoms with Crippen molar-refractivity contribution < 1.29 is 0 Å². The summed E-state index contributed by atoms with van der Waals surface area (Å²) in [4.78, 5) is 0. The molecule has 2 rings (SSSR count). The summed E-state index contributed by atoms with van der Waals surface area (Å²) in [6.07, 6.45) is 4.73. The summed E-state index contributed by atoms with van der Waals surface area (Å²) in [5.41, 5.74) is 8.06. The highest BCUT2D eigenvalue weighted by atomic mass is 35.5. The molecule has 1 nitrogen and oxygen atoms in total. The molecule has 0 heterocycles. The molecule has 1 aliphatic carbocycles. The molecule has 1 aromatic rings. The standard InChI is InChI=1S/C15H22ClN/c1-15(2)8-7-14(17)12(10-15)9-11-3-5-13(16)6-4-11/h3-6,12,14H,7-10,17H2,1-2H3. The minimum absolute atomic E-state index is 0.360. The van der Waals surface area contributed by atoms with Crippen LogP contribution in [-0.2, 0) is 6.42 Å². The van der Waals surface area contributed by atoms with Crippen LogP contribution in [0.5, 0.6) is 0 Å². The summed E-state index contributed by atoms with van der Waals surface area (Å²) in [6.45, 7) is 4.71. The quantitative estimate of drug-likeness (QED) is 0.844. The predicted molar refractivity (Wildman–Crippen MR) is 74.3 cm³/mol. The van der Waals surface area contributed by atoms with Gasteiger partial charge in [0, 0.05) is 11.1 Å². The van der Waals surface area contributed by atoms with Crippen molar-refractivity contribution in [3.8, 4) is 0 Å². The van der Waals surface area contributed by atoms with Crippen LogP contribution in [0, 0.1) is 11.3 Å². The van der Waals surface area contributed by atoms with E-state index >= 15 is 0 Å². The zero-order valence-corrected chi connectivity index (χ0v) is 11.5. The molecule has 0 amide bonds. The van der Waals surface area contributed by atoms with Crippen molar-refractivity contribution in [1.29, 1.82) is 0 Å². The van der Waals surface area contributed by atoms with Crippen LogP contribution in [0.25, 0.3) is 0 Å². The number of halogens is 1. The van der Waals surface area contributed by atoms with Gasteiger partial charge in [0.25, 0.3) is 0 Å². The molecule has 1 aliphatic rings. The van der Waals surface area contributed by atoms with E-state index in [9.17, 15) is 0 Å². The highest BCUT2D eigenvalue weighted by Crippen LogP contribution is 2.39. The minimum Gasteiger partial charge on any atom is -0.327 e. The van der Waals surface area contributed by atoms with Crippen molar-refractivity contribution in [1.82, 2.24) is 0 Å². The Bertz CT molecular complexity index is 369. The topological polar surface area (TPSA) is 26.0 Å². The van der Waals surface area contributed by atoms with Gasteiger partial charge in [-0.05, 0) is 54.7 Å². The fourth-order valence-corrected chi connectivity index (χ4v) is 3.03. The van der Waals surface area contributed by atoms with Crippen molar-refractivity contribution >= 4 is 11.6 Å². The second-order valence-electron chi connectivity index (χ2n) is 6.16. The maximum atomic E-state index is 6.25. The third kappa shape index (κ3) is 3.46. The fraction of sp³-hybridized carbons (Fsp3) is 0.600. The Balaban J connectivity index is 2.04. The lowest BCUT2D eigenvalue weighted by Gasteiger charge is -2.39. The second kappa shape index (κ2) is 4.99. The van der Waals surface area contributed by atoms with Gasteiger partial charge in [-0.3, -0.25) is 0 Å². The first-order valence-electron chi connectivity index (χ1n) is 6.46. The van der Waals surface area contributed by atoms with Crippen molar-refractivity contribution in [2.45, 2.75) is 45.6 Å². The van der Waals surface area contributed by atoms with E-state index in [0.29, 0.717) is 17.4 Å². The van der Waals surface area contributed by atoms with Gasteiger partial charge < -0.3 is 5.73 Å². The number of benzene rings is 1. The maximum absolute atomic E-state index is 6.25. The van der Waals surface area contributed by atoms with Gasteiger partial charge in [-0.1, -0.05) is 37.6 Å². The Morgan fingerprint density at radius 1 is 1.29 bits per heavy atom. The van der Waals surface area contributed by atoms with Gasteiger partial charge >= 0.3 is 0 Å². The molecule has 0 bridgehead atoms. The van der Waals surface area contributed by atoms with E-state index in [4.69, 9.17) is 17.3 Å². The lowest BCUT2D eigenvalue weighted by atomic mass is 9.68. The molecule has 1 saturated carbocycles. The van der Waals surface area contributed by atoms with Crippen LogP contribution in [0.15, 0.2) is 24.3 Å². The van der Waals surface area contributed by atoms with Gasteiger partial charge in [-0.25, -0.2) is 0 Å². The Labute approximate surface area is 109 Å². The summed E-state index contributed by atoms with van der Waals surface area (Å²) >= 11 is 5.90. The van der Waals surface area contributed by atoms with Crippen LogP contribution in [0.3, 0.4) is 0 Å². The highest BCUT2D eigenvalue weighted by molar-refractivity contribution is 6.30. The lowest BCUT2D eigenvalue weighted by molar-refractivity contribution is 0.157. The molecule has 1 aromatic carbocycles. The molecular weight excluding hydrogens is 230 g/mol. The van der Waals surface area contributed by atoms with Crippen molar-refractivity contribution in [2.75, 3.05) is 0 Å². The summed E-state index contributed by atoms with van der Waals surface area (Å²) in [5, 5.41) is 0.807. The Hall–Kier alpha value is -0.530. The first kappa shape index (κ1) is 12.9. The third-order valence-corrected chi connectivity index (χ3v) is 4.24. The van der Waals surface area contributed by atoms with Crippen LogP contribution in [0.4, 0.5) is 0 Å². The van der Waals surface area contributed by atoms with E-state index in [0.717, 1.165) is 17.9 Å². The molecule has 2 atom stereocenters. The maximum Gasteiger partial charge on any atom is 0.0406 e. The van der Waals surface area contributed by atoms with Crippen LogP contribution < -0.4 is 5.73 Å². The average Bonchev–Trinajstić information content (AvgIpc) is 2.26. The zero-order chi connectivity index (χ0) is 12.5. The van der Waals surface area contributed by atoms with Crippen LogP contribution >= 0.6 is 11.6 Å². The number of hydrogen-bond acceptors (Lipinski definition) is 1. The predicted octanol–water partition coefficient (Wildman–Crippen LogP) is 4.04. The van der Waals surface area contributed by atoms with Gasteiger partial charge in [0.05, 0.1) is 0 Å². The van der Waals surface area contributed by atoms with Gasteiger partial charge in [0.2, 0.25) is 0 Å². The van der Waals surface area contributed by atoms with Crippen LogP contribution in [0.1, 0.15) is 38.7 Å². The monoisotopic (exact) mass is 251 g/mol. The van der Waals surface area contributed by atoms with Crippen LogP contribution in [0.2, 0.25) is 5.02 Å². The molecular formula is C15H22ClN. The molecule has 0 aromatic heterocycles. The third-order valence-electron chi connectivity index (χ3n) is 3.99. The first-order chi connectivity index (χ1) is 7.96. The minimum atomic E-state index is 0.360. The summed E-state index contributed by atoms with van der Waals surface area (Å²) in [5.74, 6) is 0.611. The molecule has 0 aliphatic heterocycles. The molecule has 17 heavy (non-hydrogen) atoms. The van der Waals surface area contributed by atoms with E-state index in [1.54, 1.807) is 0 Å². The largest absolute Gasteiger partial charge is 0.327 e. The van der Waals surface area contributed by atoms with E-state index in [2.05, 4.69) is 26.0 Å². The summed E-state index contributed by atoms with van der Waals surface area (Å²) in [6, 6.07) is 8.54. The van der Waals surface area contributed by atoms with Gasteiger partial charge in [0.15, 0.2) is 0 Å². The molecule has 2 N–H and O–H groups in total. The molecule has 94 valence electrons. The normalized spacial score (nSPS) is 28.0. The van der Waals surface area contributed by atoms with E-state index in [-0.39, 0.29) is 0 Å². The van der Waals surface area contributed by atoms with Crippen molar-refractivity contribution in [2.24, 2.45) is 17.1 Å². The molecule has 0 saturated heterocycles. The Kier molecular flexibility index (Phi) is 3.79. The Morgan fingerprint density at radius 2 is 1.94 bits per heavy atom. The zero-order valence-electron chi connectivity index (χ0n) is 10.7. The first-order valence-corrected chi connectivity index (χ1v) is 6.84. The molecule has 0 radical (unpaired) electrons. The van der Waals surface area contributed by atoms with E-state index in [1.807, 2.05) is 12.1 Å². The molecule has 2 heteroatoms. The average molecular weight is 252 g/mol. The molecule has 0 spiro atoms. The SMILES string of the molecule is CC1(C)CCC(N)C(Cc2ccc(Cl)cc2)C1. The fourth-order valence-electron chi connectivity index (χ4n) is 2.90. The highest BCUT2D eigenvalue weighted by Gasteiger charge is 2.32. The summed E-state index contributed by atoms with van der Waals surface area (Å²) < 4.78 is 0. The van der Waals surface area contributed by atoms with Gasteiger partial charge in [-0.2, -0.15) is 0 Å². The second-order valence-corrected chi connectivity index (χ2v) is 6.60. The number of hydrogen-bond donors (Lipinski definition) is 1. The molecule has 2 unspecified atom stereocenters. The van der Waals surface area contributed by atoms with Crippen molar-refractivity contribution in [3.05, 3.63) is 34.9 Å². The summed E-state index contributed by atoms with van der Waals surface area (Å²) in [7, 11) is 0. The van der Waals surface area contributed by atoms with E-state index < -0.39 is 0 Å². The van der Waals surface area contributed by atoms with Gasteiger partial charge in [0.1, 0.15) is 0 Å². The number of nitrogens with two attached hydrogens (primary N) is 1. The Morgan fingerprint density at radius 3 is 2.59 bits per heavy atom. The molecule has 1 fully saturated rings. The number of rotatable bonds is 2.